The molecule has 8 heteroatoms. The molecule has 152 valence electrons. The molecule has 1 aromatic heterocycles. The van der Waals surface area contributed by atoms with Crippen molar-refractivity contribution in [2.45, 2.75) is 19.6 Å². The molecule has 2 heterocycles. The van der Waals surface area contributed by atoms with Crippen LogP contribution in [-0.4, -0.2) is 50.8 Å². The van der Waals surface area contributed by atoms with Crippen LogP contribution in [0.4, 0.5) is 5.82 Å². The SMILES string of the molecule is CCNC(=NCc1cccc(N(C)C)n1)NCC1COc2ccccc2O1.I. The van der Waals surface area contributed by atoms with Crippen LogP contribution in [-0.2, 0) is 6.54 Å². The van der Waals surface area contributed by atoms with Crippen molar-refractivity contribution in [3.8, 4) is 11.5 Å². The summed E-state index contributed by atoms with van der Waals surface area (Å²) in [5.74, 6) is 3.23. The predicted molar refractivity (Wildman–Crippen MR) is 123 cm³/mol. The molecule has 1 unspecified atom stereocenters. The summed E-state index contributed by atoms with van der Waals surface area (Å²) in [6, 6.07) is 13.7. The molecule has 2 aromatic rings. The van der Waals surface area contributed by atoms with E-state index in [1.807, 2.05) is 68.4 Å². The van der Waals surface area contributed by atoms with Gasteiger partial charge in [0.25, 0.3) is 0 Å². The quantitative estimate of drug-likeness (QED) is 0.364. The van der Waals surface area contributed by atoms with Gasteiger partial charge in [0.1, 0.15) is 18.5 Å². The second-order valence-corrected chi connectivity index (χ2v) is 6.46. The van der Waals surface area contributed by atoms with Gasteiger partial charge in [-0.05, 0) is 31.2 Å². The van der Waals surface area contributed by atoms with Crippen LogP contribution < -0.4 is 25.0 Å². The summed E-state index contributed by atoms with van der Waals surface area (Å²) >= 11 is 0. The van der Waals surface area contributed by atoms with Crippen molar-refractivity contribution in [1.82, 2.24) is 15.6 Å². The minimum atomic E-state index is -0.0704. The van der Waals surface area contributed by atoms with Gasteiger partial charge in [-0.2, -0.15) is 0 Å². The molecule has 0 spiro atoms. The Balaban J connectivity index is 0.00000280. The van der Waals surface area contributed by atoms with Gasteiger partial charge in [-0.1, -0.05) is 18.2 Å². The summed E-state index contributed by atoms with van der Waals surface area (Å²) in [6.07, 6.45) is -0.0704. The van der Waals surface area contributed by atoms with Crippen molar-refractivity contribution in [2.24, 2.45) is 4.99 Å². The minimum absolute atomic E-state index is 0. The summed E-state index contributed by atoms with van der Waals surface area (Å²) in [6.45, 7) is 4.43. The molecule has 0 aliphatic carbocycles. The Morgan fingerprint density at radius 1 is 1.14 bits per heavy atom. The Kier molecular flexibility index (Phi) is 8.62. The lowest BCUT2D eigenvalue weighted by atomic mass is 10.2. The van der Waals surface area contributed by atoms with Gasteiger partial charge in [0.05, 0.1) is 18.8 Å². The maximum absolute atomic E-state index is 5.98. The Morgan fingerprint density at radius 3 is 2.68 bits per heavy atom. The standard InChI is InChI=1S/C20H27N5O2.HI/c1-4-21-20(22-12-15-8-7-11-19(24-15)25(2)3)23-13-16-14-26-17-9-5-6-10-18(17)27-16;/h5-11,16H,4,12-14H2,1-3H3,(H2,21,22,23);1H. The fraction of sp³-hybridized carbons (Fsp3) is 0.400. The average molecular weight is 497 g/mol. The molecule has 7 nitrogen and oxygen atoms in total. The van der Waals surface area contributed by atoms with Gasteiger partial charge in [-0.3, -0.25) is 0 Å². The van der Waals surface area contributed by atoms with Gasteiger partial charge >= 0.3 is 0 Å². The van der Waals surface area contributed by atoms with Crippen LogP contribution in [0.15, 0.2) is 47.5 Å². The number of aliphatic imine (C=N–C) groups is 1. The zero-order chi connectivity index (χ0) is 19.1. The average Bonchev–Trinajstić information content (AvgIpc) is 2.70. The fourth-order valence-corrected chi connectivity index (χ4v) is 2.68. The second-order valence-electron chi connectivity index (χ2n) is 6.46. The van der Waals surface area contributed by atoms with Crippen LogP contribution >= 0.6 is 24.0 Å². The van der Waals surface area contributed by atoms with E-state index in [9.17, 15) is 0 Å². The van der Waals surface area contributed by atoms with Crippen LogP contribution in [0.1, 0.15) is 12.6 Å². The number of nitrogens with zero attached hydrogens (tertiary/aromatic N) is 3. The highest BCUT2D eigenvalue weighted by Gasteiger charge is 2.20. The molecule has 0 fully saturated rings. The monoisotopic (exact) mass is 497 g/mol. The van der Waals surface area contributed by atoms with Crippen LogP contribution in [0.25, 0.3) is 0 Å². The topological polar surface area (TPSA) is 71.0 Å². The molecule has 0 saturated carbocycles. The lowest BCUT2D eigenvalue weighted by Gasteiger charge is -2.27. The number of hydrogen-bond donors (Lipinski definition) is 2. The molecule has 1 atom stereocenters. The number of pyridine rings is 1. The first kappa shape index (κ1) is 22.1. The van der Waals surface area contributed by atoms with E-state index in [1.165, 1.54) is 0 Å². The highest BCUT2D eigenvalue weighted by molar-refractivity contribution is 14.0. The number of halogens is 1. The van der Waals surface area contributed by atoms with E-state index in [0.717, 1.165) is 35.5 Å². The molecule has 1 aliphatic rings. The first-order chi connectivity index (χ1) is 13.2. The summed E-state index contributed by atoms with van der Waals surface area (Å²) < 4.78 is 11.7. The van der Waals surface area contributed by atoms with Crippen molar-refractivity contribution in [2.75, 3.05) is 38.7 Å². The van der Waals surface area contributed by atoms with Crippen LogP contribution in [0, 0.1) is 0 Å². The van der Waals surface area contributed by atoms with Crippen LogP contribution in [0.2, 0.25) is 0 Å². The lowest BCUT2D eigenvalue weighted by Crippen LogP contribution is -2.45. The number of ether oxygens (including phenoxy) is 2. The van der Waals surface area contributed by atoms with Gasteiger partial charge in [0.2, 0.25) is 0 Å². The minimum Gasteiger partial charge on any atom is -0.486 e. The zero-order valence-electron chi connectivity index (χ0n) is 16.5. The molecule has 1 aromatic carbocycles. The van der Waals surface area contributed by atoms with Crippen LogP contribution in [0.3, 0.4) is 0 Å². The fourth-order valence-electron chi connectivity index (χ4n) is 2.68. The first-order valence-corrected chi connectivity index (χ1v) is 9.19. The number of guanidine groups is 1. The maximum Gasteiger partial charge on any atom is 0.191 e. The second kappa shape index (κ2) is 10.9. The number of para-hydroxylation sites is 2. The number of benzene rings is 1. The molecule has 1 aliphatic heterocycles. The summed E-state index contributed by atoms with van der Waals surface area (Å²) in [7, 11) is 3.96. The number of aromatic nitrogens is 1. The Labute approximate surface area is 183 Å². The summed E-state index contributed by atoms with van der Waals surface area (Å²) in [4.78, 5) is 11.2. The summed E-state index contributed by atoms with van der Waals surface area (Å²) in [5.41, 5.74) is 0.921. The Hall–Kier alpha value is -2.23. The van der Waals surface area contributed by atoms with E-state index in [1.54, 1.807) is 0 Å². The molecule has 0 amide bonds. The van der Waals surface area contributed by atoms with E-state index in [4.69, 9.17) is 9.47 Å². The van der Waals surface area contributed by atoms with Crippen LogP contribution in [0.5, 0.6) is 11.5 Å². The highest BCUT2D eigenvalue weighted by Crippen LogP contribution is 2.30. The highest BCUT2D eigenvalue weighted by atomic mass is 127. The van der Waals surface area contributed by atoms with E-state index < -0.39 is 0 Å². The normalized spacial score (nSPS) is 15.4. The van der Waals surface area contributed by atoms with Gasteiger partial charge in [-0.25, -0.2) is 9.98 Å². The van der Waals surface area contributed by atoms with E-state index in [-0.39, 0.29) is 30.1 Å². The molecule has 0 bridgehead atoms. The van der Waals surface area contributed by atoms with Crippen molar-refractivity contribution in [1.29, 1.82) is 0 Å². The molecule has 0 radical (unpaired) electrons. The van der Waals surface area contributed by atoms with Gasteiger partial charge in [0, 0.05) is 20.6 Å². The third-order valence-corrected chi connectivity index (χ3v) is 4.06. The zero-order valence-corrected chi connectivity index (χ0v) is 18.8. The van der Waals surface area contributed by atoms with E-state index in [0.29, 0.717) is 19.7 Å². The molecular formula is C20H28IN5O2. The molecule has 28 heavy (non-hydrogen) atoms. The van der Waals surface area contributed by atoms with E-state index in [2.05, 4.69) is 20.6 Å². The van der Waals surface area contributed by atoms with Crippen molar-refractivity contribution >= 4 is 35.8 Å². The number of anilines is 1. The van der Waals surface area contributed by atoms with Gasteiger partial charge in [0.15, 0.2) is 17.5 Å². The number of fused-ring (bicyclic) bond motifs is 1. The number of rotatable bonds is 6. The molecule has 0 saturated heterocycles. The molecule has 3 rings (SSSR count). The predicted octanol–water partition coefficient (Wildman–Crippen LogP) is 2.66. The molecular weight excluding hydrogens is 469 g/mol. The van der Waals surface area contributed by atoms with Crippen molar-refractivity contribution < 1.29 is 9.47 Å². The Morgan fingerprint density at radius 2 is 1.93 bits per heavy atom. The smallest absolute Gasteiger partial charge is 0.191 e. The Bertz CT molecular complexity index is 785. The van der Waals surface area contributed by atoms with Crippen molar-refractivity contribution in [3.05, 3.63) is 48.2 Å². The maximum atomic E-state index is 5.98. The first-order valence-electron chi connectivity index (χ1n) is 9.19. The van der Waals surface area contributed by atoms with Crippen molar-refractivity contribution in [3.63, 3.8) is 0 Å². The number of nitrogens with one attached hydrogen (secondary N) is 2. The largest absolute Gasteiger partial charge is 0.486 e. The van der Waals surface area contributed by atoms with Gasteiger partial charge in [-0.15, -0.1) is 24.0 Å². The lowest BCUT2D eigenvalue weighted by molar-refractivity contribution is 0.0936. The third kappa shape index (κ3) is 6.15. The summed E-state index contributed by atoms with van der Waals surface area (Å²) in [5, 5.41) is 6.58. The molecule has 2 N–H and O–H groups in total. The number of hydrogen-bond acceptors (Lipinski definition) is 5. The van der Waals surface area contributed by atoms with Gasteiger partial charge < -0.3 is 25.0 Å². The third-order valence-electron chi connectivity index (χ3n) is 4.06. The van der Waals surface area contributed by atoms with E-state index >= 15 is 0 Å².